The predicted octanol–water partition coefficient (Wildman–Crippen LogP) is 2.62. The second kappa shape index (κ2) is 8.36. The number of carbonyl (C=O) groups is 1. The largest absolute Gasteiger partial charge is 0.337 e. The molecule has 4 heterocycles. The Kier molecular flexibility index (Phi) is 5.37. The fourth-order valence-electron chi connectivity index (χ4n) is 4.09. The number of piperazine rings is 1. The number of carbonyl (C=O) groups excluding carboxylic acids is 1. The summed E-state index contributed by atoms with van der Waals surface area (Å²) in [6, 6.07) is 9.91. The van der Waals surface area contributed by atoms with E-state index in [2.05, 4.69) is 30.1 Å². The maximum Gasteiger partial charge on any atom is 0.293 e. The molecule has 0 aliphatic carbocycles. The zero-order valence-corrected chi connectivity index (χ0v) is 19.2. The van der Waals surface area contributed by atoms with Gasteiger partial charge in [-0.1, -0.05) is 35.0 Å². The third-order valence-corrected chi connectivity index (χ3v) is 6.07. The van der Waals surface area contributed by atoms with Crippen molar-refractivity contribution in [3.63, 3.8) is 0 Å². The molecule has 170 valence electrons. The average Bonchev–Trinajstić information content (AvgIpc) is 3.47. The van der Waals surface area contributed by atoms with E-state index >= 15 is 0 Å². The summed E-state index contributed by atoms with van der Waals surface area (Å²) < 4.78 is 7.16. The van der Waals surface area contributed by atoms with Gasteiger partial charge in [0.15, 0.2) is 0 Å². The second-order valence-corrected chi connectivity index (χ2v) is 8.51. The number of nitrogens with zero attached hydrogens (tertiary/aromatic N) is 8. The topological polar surface area (TPSA) is 106 Å². The highest BCUT2D eigenvalue weighted by atomic mass is 16.5. The molecular weight excluding hydrogens is 420 g/mol. The smallest absolute Gasteiger partial charge is 0.293 e. The number of fused-ring (bicyclic) bond motifs is 1. The summed E-state index contributed by atoms with van der Waals surface area (Å²) in [4.78, 5) is 30.3. The van der Waals surface area contributed by atoms with Gasteiger partial charge < -0.3 is 9.42 Å². The van der Waals surface area contributed by atoms with E-state index in [1.807, 2.05) is 58.0 Å². The van der Waals surface area contributed by atoms with E-state index in [-0.39, 0.29) is 17.8 Å². The monoisotopic (exact) mass is 446 g/mol. The van der Waals surface area contributed by atoms with Crippen LogP contribution in [-0.2, 0) is 0 Å². The van der Waals surface area contributed by atoms with Crippen LogP contribution in [0.1, 0.15) is 46.4 Å². The highest BCUT2D eigenvalue weighted by Gasteiger charge is 2.30. The van der Waals surface area contributed by atoms with E-state index in [4.69, 9.17) is 4.52 Å². The van der Waals surface area contributed by atoms with E-state index in [0.29, 0.717) is 43.7 Å². The van der Waals surface area contributed by atoms with Gasteiger partial charge in [0.05, 0.1) is 6.04 Å². The van der Waals surface area contributed by atoms with Gasteiger partial charge >= 0.3 is 0 Å². The molecule has 0 radical (unpaired) electrons. The fraction of sp³-hybridized carbons (Fsp3) is 0.391. The number of amides is 1. The maximum atomic E-state index is 13.0. The van der Waals surface area contributed by atoms with Crippen LogP contribution in [0.5, 0.6) is 0 Å². The van der Waals surface area contributed by atoms with Gasteiger partial charge in [-0.05, 0) is 33.8 Å². The van der Waals surface area contributed by atoms with Crippen LogP contribution in [-0.4, -0.2) is 71.6 Å². The quantitative estimate of drug-likeness (QED) is 0.471. The molecule has 1 aromatic carbocycles. The summed E-state index contributed by atoms with van der Waals surface area (Å²) >= 11 is 0. The standard InChI is InChI=1S/C23H26N8O2/c1-14-5-7-18(8-6-14)19-25-21(33-28-19)17(4)29-9-11-30(12-10-29)22(32)20-26-23-24-15(2)13-16(3)31(23)27-20/h5-8,13,17H,9-12H2,1-4H3. The Bertz CT molecular complexity index is 1300. The van der Waals surface area contributed by atoms with Crippen molar-refractivity contribution in [1.29, 1.82) is 0 Å². The Morgan fingerprint density at radius 2 is 1.73 bits per heavy atom. The Labute approximate surface area is 191 Å². The lowest BCUT2D eigenvalue weighted by molar-refractivity contribution is 0.0541. The lowest BCUT2D eigenvalue weighted by Crippen LogP contribution is -2.49. The molecule has 1 aliphatic rings. The average molecular weight is 447 g/mol. The molecule has 1 atom stereocenters. The van der Waals surface area contributed by atoms with Gasteiger partial charge in [-0.15, -0.1) is 5.10 Å². The second-order valence-electron chi connectivity index (χ2n) is 8.51. The number of hydrogen-bond acceptors (Lipinski definition) is 8. The number of benzene rings is 1. The van der Waals surface area contributed by atoms with Crippen molar-refractivity contribution >= 4 is 11.7 Å². The zero-order chi connectivity index (χ0) is 23.1. The first-order valence-electron chi connectivity index (χ1n) is 11.0. The molecule has 0 bridgehead atoms. The first-order valence-corrected chi connectivity index (χ1v) is 11.0. The molecule has 10 heteroatoms. The third-order valence-electron chi connectivity index (χ3n) is 6.07. The van der Waals surface area contributed by atoms with Gasteiger partial charge in [0.25, 0.3) is 11.7 Å². The molecule has 1 aliphatic heterocycles. The first kappa shape index (κ1) is 21.2. The molecular formula is C23H26N8O2. The predicted molar refractivity (Wildman–Crippen MR) is 121 cm³/mol. The van der Waals surface area contributed by atoms with Gasteiger partial charge in [-0.3, -0.25) is 9.69 Å². The highest BCUT2D eigenvalue weighted by molar-refractivity contribution is 5.91. The van der Waals surface area contributed by atoms with Gasteiger partial charge in [0.2, 0.25) is 17.5 Å². The first-order chi connectivity index (χ1) is 15.9. The lowest BCUT2D eigenvalue weighted by atomic mass is 10.1. The van der Waals surface area contributed by atoms with Crippen molar-refractivity contribution in [1.82, 2.24) is 39.5 Å². The van der Waals surface area contributed by atoms with Crippen LogP contribution in [0, 0.1) is 20.8 Å². The van der Waals surface area contributed by atoms with E-state index < -0.39 is 0 Å². The Balaban J connectivity index is 1.24. The van der Waals surface area contributed by atoms with Crippen molar-refractivity contribution in [3.05, 3.63) is 59.0 Å². The van der Waals surface area contributed by atoms with Crippen molar-refractivity contribution in [2.24, 2.45) is 0 Å². The number of rotatable bonds is 4. The Morgan fingerprint density at radius 1 is 1.00 bits per heavy atom. The molecule has 3 aromatic heterocycles. The van der Waals surface area contributed by atoms with Crippen LogP contribution in [0.2, 0.25) is 0 Å². The van der Waals surface area contributed by atoms with Gasteiger partial charge in [-0.2, -0.15) is 9.97 Å². The van der Waals surface area contributed by atoms with Crippen LogP contribution in [0.25, 0.3) is 17.2 Å². The summed E-state index contributed by atoms with van der Waals surface area (Å²) in [7, 11) is 0. The molecule has 4 aromatic rings. The summed E-state index contributed by atoms with van der Waals surface area (Å²) in [5.74, 6) is 1.61. The molecule has 1 unspecified atom stereocenters. The summed E-state index contributed by atoms with van der Waals surface area (Å²) in [6.07, 6.45) is 0. The van der Waals surface area contributed by atoms with Gasteiger partial charge in [0.1, 0.15) is 0 Å². The van der Waals surface area contributed by atoms with Crippen molar-refractivity contribution < 1.29 is 9.32 Å². The molecule has 0 spiro atoms. The maximum absolute atomic E-state index is 13.0. The molecule has 1 fully saturated rings. The van der Waals surface area contributed by atoms with Crippen LogP contribution in [0.3, 0.4) is 0 Å². The van der Waals surface area contributed by atoms with Crippen molar-refractivity contribution in [2.75, 3.05) is 26.2 Å². The molecule has 1 amide bonds. The van der Waals surface area contributed by atoms with Crippen LogP contribution < -0.4 is 0 Å². The normalized spacial score (nSPS) is 15.8. The van der Waals surface area contributed by atoms with Crippen molar-refractivity contribution in [2.45, 2.75) is 33.7 Å². The Morgan fingerprint density at radius 3 is 2.45 bits per heavy atom. The SMILES string of the molecule is Cc1ccc(-c2noc(C(C)N3CCN(C(=O)c4nc5nc(C)cc(C)n5n4)CC3)n2)cc1. The van der Waals surface area contributed by atoms with E-state index in [0.717, 1.165) is 17.0 Å². The molecule has 0 saturated carbocycles. The third kappa shape index (κ3) is 4.09. The zero-order valence-electron chi connectivity index (χ0n) is 19.2. The fourth-order valence-corrected chi connectivity index (χ4v) is 4.09. The van der Waals surface area contributed by atoms with Crippen LogP contribution in [0.4, 0.5) is 0 Å². The summed E-state index contributed by atoms with van der Waals surface area (Å²) in [5.41, 5.74) is 3.86. The highest BCUT2D eigenvalue weighted by Crippen LogP contribution is 2.24. The number of aryl methyl sites for hydroxylation is 3. The van der Waals surface area contributed by atoms with Gasteiger partial charge in [0, 0.05) is 43.1 Å². The molecule has 5 rings (SSSR count). The summed E-state index contributed by atoms with van der Waals surface area (Å²) in [6.45, 7) is 10.4. The van der Waals surface area contributed by atoms with Crippen LogP contribution in [0.15, 0.2) is 34.9 Å². The van der Waals surface area contributed by atoms with E-state index in [9.17, 15) is 4.79 Å². The molecule has 33 heavy (non-hydrogen) atoms. The van der Waals surface area contributed by atoms with Crippen LogP contribution >= 0.6 is 0 Å². The lowest BCUT2D eigenvalue weighted by Gasteiger charge is -2.36. The minimum absolute atomic E-state index is 0.0444. The van der Waals surface area contributed by atoms with E-state index in [1.165, 1.54) is 5.56 Å². The minimum atomic E-state index is -0.177. The van der Waals surface area contributed by atoms with Gasteiger partial charge in [-0.25, -0.2) is 9.50 Å². The molecule has 1 saturated heterocycles. The number of aromatic nitrogens is 6. The molecule has 10 nitrogen and oxygen atoms in total. The van der Waals surface area contributed by atoms with Crippen molar-refractivity contribution in [3.8, 4) is 11.4 Å². The summed E-state index contributed by atoms with van der Waals surface area (Å²) in [5, 5.41) is 8.52. The minimum Gasteiger partial charge on any atom is -0.337 e. The Hall–Kier alpha value is -3.66. The number of hydrogen-bond donors (Lipinski definition) is 0. The molecule has 0 N–H and O–H groups in total. The van der Waals surface area contributed by atoms with E-state index in [1.54, 1.807) is 9.42 Å².